The average molecular weight is 383 g/mol. The molecule has 1 aliphatic heterocycles. The van der Waals surface area contributed by atoms with Gasteiger partial charge >= 0.3 is 0 Å². The van der Waals surface area contributed by atoms with Crippen molar-refractivity contribution in [3.05, 3.63) is 23.2 Å². The van der Waals surface area contributed by atoms with Crippen molar-refractivity contribution in [1.29, 1.82) is 0 Å². The minimum Gasteiger partial charge on any atom is -0.495 e. The second kappa shape index (κ2) is 9.24. The molecule has 144 valence electrons. The number of halogens is 1. The van der Waals surface area contributed by atoms with Crippen LogP contribution < -0.4 is 15.0 Å². The van der Waals surface area contributed by atoms with E-state index in [0.717, 1.165) is 17.7 Å². The second-order valence-electron chi connectivity index (χ2n) is 7.13. The molecule has 1 aliphatic rings. The minimum atomic E-state index is -0.185. The molecule has 1 saturated heterocycles. The fourth-order valence-corrected chi connectivity index (χ4v) is 3.74. The van der Waals surface area contributed by atoms with Gasteiger partial charge in [-0.15, -0.1) is 0 Å². The fourth-order valence-electron chi connectivity index (χ4n) is 3.57. The Labute approximate surface area is 160 Å². The summed E-state index contributed by atoms with van der Waals surface area (Å²) in [6.07, 6.45) is 3.26. The number of rotatable bonds is 6. The molecule has 0 saturated carbocycles. The highest BCUT2D eigenvalue weighted by Gasteiger charge is 2.30. The van der Waals surface area contributed by atoms with Gasteiger partial charge in [-0.2, -0.15) is 0 Å². The Morgan fingerprint density at radius 2 is 1.92 bits per heavy atom. The molecular weight excluding hydrogens is 354 g/mol. The Morgan fingerprint density at radius 1 is 1.27 bits per heavy atom. The van der Waals surface area contributed by atoms with Crippen LogP contribution >= 0.6 is 11.6 Å². The predicted molar refractivity (Wildman–Crippen MR) is 103 cm³/mol. The zero-order chi connectivity index (χ0) is 19.3. The Morgan fingerprint density at radius 3 is 2.54 bits per heavy atom. The summed E-state index contributed by atoms with van der Waals surface area (Å²) in [6.45, 7) is 4.69. The number of likely N-dealkylation sites (N-methyl/N-ethyl adjacent to an activating group) is 1. The van der Waals surface area contributed by atoms with Crippen LogP contribution in [0.1, 0.15) is 33.1 Å². The molecule has 1 aromatic rings. The summed E-state index contributed by atoms with van der Waals surface area (Å²) in [5.74, 6) is 0.471. The molecule has 2 amide bonds. The van der Waals surface area contributed by atoms with Crippen LogP contribution in [-0.4, -0.2) is 56.0 Å². The lowest BCUT2D eigenvalue weighted by Gasteiger charge is -2.39. The number of nitrogens with one attached hydrogen (secondary N) is 2. The molecule has 0 bridgehead atoms. The third kappa shape index (κ3) is 5.35. The van der Waals surface area contributed by atoms with Gasteiger partial charge in [0.05, 0.1) is 19.8 Å². The number of ether oxygens (including phenoxy) is 1. The molecule has 0 radical (unpaired) electrons. The quantitative estimate of drug-likeness (QED) is 0.785. The van der Waals surface area contributed by atoms with Crippen LogP contribution in [0.15, 0.2) is 18.2 Å². The number of hydrogen-bond acceptors (Lipinski definition) is 3. The highest BCUT2D eigenvalue weighted by molar-refractivity contribution is 6.31. The SMILES string of the molecule is COc1ccc(Cl)cc1NC(=O)C[NH+](C)CC(=O)N1[C@H](C)CCC[C@H]1C. The number of hydrogen-bond donors (Lipinski definition) is 2. The maximum absolute atomic E-state index is 12.7. The molecule has 2 N–H and O–H groups in total. The minimum absolute atomic E-state index is 0.107. The van der Waals surface area contributed by atoms with E-state index >= 15 is 0 Å². The molecule has 1 unspecified atom stereocenters. The number of nitrogens with zero attached hydrogens (tertiary/aromatic N) is 1. The number of carbonyl (C=O) groups is 2. The summed E-state index contributed by atoms with van der Waals surface area (Å²) in [5, 5.41) is 3.33. The van der Waals surface area contributed by atoms with E-state index < -0.39 is 0 Å². The Kier molecular flexibility index (Phi) is 7.29. The normalized spacial score (nSPS) is 21.2. The van der Waals surface area contributed by atoms with E-state index in [2.05, 4.69) is 19.2 Å². The summed E-state index contributed by atoms with van der Waals surface area (Å²) in [6, 6.07) is 5.59. The summed E-state index contributed by atoms with van der Waals surface area (Å²) < 4.78 is 5.23. The molecule has 2 rings (SSSR count). The van der Waals surface area contributed by atoms with Crippen LogP contribution in [0.3, 0.4) is 0 Å². The van der Waals surface area contributed by atoms with Gasteiger partial charge in [0, 0.05) is 17.1 Å². The monoisotopic (exact) mass is 382 g/mol. The van der Waals surface area contributed by atoms with Crippen molar-refractivity contribution < 1.29 is 19.2 Å². The first-order chi connectivity index (χ1) is 12.3. The predicted octanol–water partition coefficient (Wildman–Crippen LogP) is 1.59. The van der Waals surface area contributed by atoms with Crippen molar-refractivity contribution in [2.75, 3.05) is 32.6 Å². The van der Waals surface area contributed by atoms with E-state index in [1.165, 1.54) is 13.5 Å². The van der Waals surface area contributed by atoms with Crippen LogP contribution in [-0.2, 0) is 9.59 Å². The van der Waals surface area contributed by atoms with E-state index in [-0.39, 0.29) is 30.4 Å². The van der Waals surface area contributed by atoms with Crippen molar-refractivity contribution in [2.45, 2.75) is 45.2 Å². The number of anilines is 1. The van der Waals surface area contributed by atoms with Gasteiger partial charge in [0.2, 0.25) is 0 Å². The van der Waals surface area contributed by atoms with E-state index in [1.807, 2.05) is 11.9 Å². The molecule has 1 fully saturated rings. The van der Waals surface area contributed by atoms with Gasteiger partial charge in [0.15, 0.2) is 13.1 Å². The molecule has 1 heterocycles. The van der Waals surface area contributed by atoms with E-state index in [9.17, 15) is 9.59 Å². The number of quaternary nitrogens is 1. The van der Waals surface area contributed by atoms with Gasteiger partial charge in [-0.25, -0.2) is 0 Å². The second-order valence-corrected chi connectivity index (χ2v) is 7.57. The molecule has 0 aromatic heterocycles. The third-order valence-corrected chi connectivity index (χ3v) is 5.07. The summed E-state index contributed by atoms with van der Waals surface area (Å²) >= 11 is 5.98. The number of amides is 2. The lowest BCUT2D eigenvalue weighted by Crippen LogP contribution is -3.11. The van der Waals surface area contributed by atoms with Gasteiger partial charge < -0.3 is 19.9 Å². The number of benzene rings is 1. The largest absolute Gasteiger partial charge is 0.495 e. The molecule has 6 nitrogen and oxygen atoms in total. The zero-order valence-corrected chi connectivity index (χ0v) is 16.7. The Balaban J connectivity index is 1.91. The van der Waals surface area contributed by atoms with Gasteiger partial charge in [0.25, 0.3) is 11.8 Å². The lowest BCUT2D eigenvalue weighted by atomic mass is 9.97. The first kappa shape index (κ1) is 20.5. The summed E-state index contributed by atoms with van der Waals surface area (Å²) in [4.78, 5) is 27.8. The maximum atomic E-state index is 12.7. The smallest absolute Gasteiger partial charge is 0.279 e. The van der Waals surface area contributed by atoms with Crippen LogP contribution in [0, 0.1) is 0 Å². The molecule has 7 heteroatoms. The first-order valence-corrected chi connectivity index (χ1v) is 9.45. The zero-order valence-electron chi connectivity index (χ0n) is 16.0. The van der Waals surface area contributed by atoms with Gasteiger partial charge in [0.1, 0.15) is 5.75 Å². The summed E-state index contributed by atoms with van der Waals surface area (Å²) in [7, 11) is 3.39. The van der Waals surface area contributed by atoms with Crippen molar-refractivity contribution in [1.82, 2.24) is 4.90 Å². The molecule has 0 spiro atoms. The molecule has 0 aliphatic carbocycles. The van der Waals surface area contributed by atoms with Crippen LogP contribution in [0.25, 0.3) is 0 Å². The molecule has 3 atom stereocenters. The standard InChI is InChI=1S/C19H28ClN3O3/c1-13-6-5-7-14(2)23(13)19(25)12-22(3)11-18(24)21-16-10-15(20)8-9-17(16)26-4/h8-10,13-14H,5-7,11-12H2,1-4H3,(H,21,24)/p+1/t13-,14-/m1/s1. The third-order valence-electron chi connectivity index (χ3n) is 4.83. The number of carbonyl (C=O) groups excluding carboxylic acids is 2. The van der Waals surface area contributed by atoms with E-state index in [4.69, 9.17) is 16.3 Å². The van der Waals surface area contributed by atoms with E-state index in [1.54, 1.807) is 18.2 Å². The first-order valence-electron chi connectivity index (χ1n) is 9.07. The number of likely N-dealkylation sites (tertiary alicyclic amines) is 1. The molecular formula is C19H29ClN3O3+. The molecule has 26 heavy (non-hydrogen) atoms. The van der Waals surface area contributed by atoms with Crippen molar-refractivity contribution in [3.63, 3.8) is 0 Å². The van der Waals surface area contributed by atoms with Crippen LogP contribution in [0.4, 0.5) is 5.69 Å². The van der Waals surface area contributed by atoms with Gasteiger partial charge in [-0.3, -0.25) is 9.59 Å². The Hall–Kier alpha value is -1.79. The number of piperidine rings is 1. The van der Waals surface area contributed by atoms with Crippen LogP contribution in [0.2, 0.25) is 5.02 Å². The number of methoxy groups -OCH3 is 1. The van der Waals surface area contributed by atoms with Gasteiger partial charge in [-0.05, 0) is 51.3 Å². The van der Waals surface area contributed by atoms with E-state index in [0.29, 0.717) is 23.0 Å². The van der Waals surface area contributed by atoms with Crippen molar-refractivity contribution in [3.8, 4) is 5.75 Å². The topological polar surface area (TPSA) is 63.1 Å². The Bertz CT molecular complexity index is 643. The average Bonchev–Trinajstić information content (AvgIpc) is 2.54. The maximum Gasteiger partial charge on any atom is 0.279 e. The summed E-state index contributed by atoms with van der Waals surface area (Å²) in [5.41, 5.74) is 0.530. The lowest BCUT2D eigenvalue weighted by molar-refractivity contribution is -0.862. The highest BCUT2D eigenvalue weighted by Crippen LogP contribution is 2.27. The van der Waals surface area contributed by atoms with Crippen molar-refractivity contribution in [2.24, 2.45) is 0 Å². The molecule has 1 aromatic carbocycles. The van der Waals surface area contributed by atoms with Crippen molar-refractivity contribution >= 4 is 29.1 Å². The van der Waals surface area contributed by atoms with Gasteiger partial charge in [-0.1, -0.05) is 11.6 Å². The van der Waals surface area contributed by atoms with Crippen LogP contribution in [0.5, 0.6) is 5.75 Å². The highest BCUT2D eigenvalue weighted by atomic mass is 35.5. The fraction of sp³-hybridized carbons (Fsp3) is 0.579.